The summed E-state index contributed by atoms with van der Waals surface area (Å²) in [5, 5.41) is 7.15. The monoisotopic (exact) mass is 399 g/mol. The molecule has 0 aliphatic carbocycles. The molecule has 0 saturated heterocycles. The minimum atomic E-state index is -0.317. The average Bonchev–Trinajstić information content (AvgIpc) is 3.27. The van der Waals surface area contributed by atoms with Crippen molar-refractivity contribution in [1.82, 2.24) is 15.1 Å². The Labute approximate surface area is 174 Å². The lowest BCUT2D eigenvalue weighted by Gasteiger charge is -2.17. The van der Waals surface area contributed by atoms with E-state index in [9.17, 15) is 4.79 Å². The van der Waals surface area contributed by atoms with Crippen LogP contribution in [0.5, 0.6) is 0 Å². The first-order valence-electron chi connectivity index (χ1n) is 9.43. The first-order chi connectivity index (χ1) is 14.3. The predicted octanol–water partition coefficient (Wildman–Crippen LogP) is 5.02. The molecule has 1 N–H and O–H groups in total. The number of nitrogens with one attached hydrogen (secondary N) is 1. The molecule has 4 rings (SSSR count). The highest BCUT2D eigenvalue weighted by Gasteiger charge is 2.21. The number of aromatic nitrogens is 2. The van der Waals surface area contributed by atoms with Gasteiger partial charge in [0.1, 0.15) is 5.25 Å². The molecule has 1 atom stereocenters. The molecule has 0 aliphatic rings. The van der Waals surface area contributed by atoms with Crippen LogP contribution in [0.25, 0.3) is 5.69 Å². The summed E-state index contributed by atoms with van der Waals surface area (Å²) >= 11 is 1.55. The number of para-hydroxylation sites is 1. The molecule has 4 nitrogen and oxygen atoms in total. The lowest BCUT2D eigenvalue weighted by atomic mass is 10.1. The van der Waals surface area contributed by atoms with Crippen LogP contribution >= 0.6 is 11.8 Å². The van der Waals surface area contributed by atoms with Gasteiger partial charge in [-0.2, -0.15) is 5.10 Å². The van der Waals surface area contributed by atoms with Gasteiger partial charge in [-0.25, -0.2) is 4.68 Å². The van der Waals surface area contributed by atoms with E-state index in [-0.39, 0.29) is 11.2 Å². The molecule has 1 heterocycles. The van der Waals surface area contributed by atoms with Crippen LogP contribution in [0.2, 0.25) is 0 Å². The summed E-state index contributed by atoms with van der Waals surface area (Å²) in [6, 6.07) is 29.8. The summed E-state index contributed by atoms with van der Waals surface area (Å²) in [6.07, 6.45) is 3.73. The Morgan fingerprint density at radius 1 is 0.897 bits per heavy atom. The van der Waals surface area contributed by atoms with Crippen LogP contribution in [0.4, 0.5) is 0 Å². The second-order valence-electron chi connectivity index (χ2n) is 6.57. The molecule has 0 spiro atoms. The Hall–Kier alpha value is -3.31. The van der Waals surface area contributed by atoms with E-state index in [1.54, 1.807) is 18.0 Å². The summed E-state index contributed by atoms with van der Waals surface area (Å²) in [5.74, 6) is -0.0162. The summed E-state index contributed by atoms with van der Waals surface area (Å²) in [5.41, 5.74) is 2.93. The zero-order chi connectivity index (χ0) is 19.9. The summed E-state index contributed by atoms with van der Waals surface area (Å²) in [7, 11) is 0. The van der Waals surface area contributed by atoms with Gasteiger partial charge >= 0.3 is 0 Å². The molecule has 4 aromatic rings. The molecule has 1 amide bonds. The highest BCUT2D eigenvalue weighted by molar-refractivity contribution is 8.00. The predicted molar refractivity (Wildman–Crippen MR) is 117 cm³/mol. The van der Waals surface area contributed by atoms with Gasteiger partial charge in [-0.05, 0) is 29.8 Å². The number of amides is 1. The summed E-state index contributed by atoms with van der Waals surface area (Å²) in [4.78, 5) is 14.1. The first kappa shape index (κ1) is 19.0. The van der Waals surface area contributed by atoms with Crippen LogP contribution in [0, 0.1) is 0 Å². The molecule has 0 radical (unpaired) electrons. The molecule has 5 heteroatoms. The van der Waals surface area contributed by atoms with Gasteiger partial charge in [0.15, 0.2) is 0 Å². The van der Waals surface area contributed by atoms with E-state index in [1.165, 1.54) is 0 Å². The molecule has 0 saturated carbocycles. The van der Waals surface area contributed by atoms with Gasteiger partial charge in [0, 0.05) is 23.2 Å². The Balaban J connectivity index is 1.46. The third-order valence-electron chi connectivity index (χ3n) is 4.46. The SMILES string of the molecule is O=C(NCc1cnn(-c2ccccc2)c1)[C@H](Sc1ccccc1)c1ccccc1. The highest BCUT2D eigenvalue weighted by Crippen LogP contribution is 2.35. The van der Waals surface area contributed by atoms with Crippen molar-refractivity contribution in [2.45, 2.75) is 16.7 Å². The fraction of sp³-hybridized carbons (Fsp3) is 0.0833. The lowest BCUT2D eigenvalue weighted by Crippen LogP contribution is -2.27. The van der Waals surface area contributed by atoms with E-state index >= 15 is 0 Å². The molecule has 0 bridgehead atoms. The number of hydrogen-bond donors (Lipinski definition) is 1. The smallest absolute Gasteiger partial charge is 0.238 e. The maximum atomic E-state index is 13.0. The van der Waals surface area contributed by atoms with Crippen LogP contribution in [-0.2, 0) is 11.3 Å². The zero-order valence-electron chi connectivity index (χ0n) is 15.8. The number of hydrogen-bond acceptors (Lipinski definition) is 3. The fourth-order valence-electron chi connectivity index (χ4n) is 2.99. The maximum Gasteiger partial charge on any atom is 0.238 e. The topological polar surface area (TPSA) is 46.9 Å². The number of rotatable bonds is 7. The van der Waals surface area contributed by atoms with Gasteiger partial charge in [0.05, 0.1) is 11.9 Å². The molecular formula is C24H21N3OS. The van der Waals surface area contributed by atoms with E-state index in [2.05, 4.69) is 10.4 Å². The number of nitrogens with zero attached hydrogens (tertiary/aromatic N) is 2. The van der Waals surface area contributed by atoms with Crippen LogP contribution < -0.4 is 5.32 Å². The normalized spacial score (nSPS) is 11.7. The van der Waals surface area contributed by atoms with Crippen molar-refractivity contribution in [1.29, 1.82) is 0 Å². The van der Waals surface area contributed by atoms with E-state index in [0.29, 0.717) is 6.54 Å². The third-order valence-corrected chi connectivity index (χ3v) is 5.73. The van der Waals surface area contributed by atoms with Gasteiger partial charge in [0.2, 0.25) is 5.91 Å². The first-order valence-corrected chi connectivity index (χ1v) is 10.3. The summed E-state index contributed by atoms with van der Waals surface area (Å²) in [6.45, 7) is 0.435. The molecule has 0 fully saturated rings. The quantitative estimate of drug-likeness (QED) is 0.444. The van der Waals surface area contributed by atoms with E-state index in [1.807, 2.05) is 102 Å². The molecule has 1 aromatic heterocycles. The van der Waals surface area contributed by atoms with Crippen molar-refractivity contribution in [3.05, 3.63) is 115 Å². The van der Waals surface area contributed by atoms with Crippen molar-refractivity contribution >= 4 is 17.7 Å². The Kier molecular flexibility index (Phi) is 6.07. The fourth-order valence-corrected chi connectivity index (χ4v) is 4.06. The standard InChI is InChI=1S/C24H21N3OS/c28-24(25-16-19-17-26-27(18-19)21-12-6-2-7-13-21)23(20-10-4-1-5-11-20)29-22-14-8-3-9-15-22/h1-15,17-18,23H,16H2,(H,25,28)/t23-/m1/s1. The minimum Gasteiger partial charge on any atom is -0.351 e. The van der Waals surface area contributed by atoms with Crippen molar-refractivity contribution in [2.24, 2.45) is 0 Å². The Morgan fingerprint density at radius 3 is 2.21 bits per heavy atom. The molecule has 0 unspecified atom stereocenters. The van der Waals surface area contributed by atoms with Crippen LogP contribution in [0.1, 0.15) is 16.4 Å². The number of benzene rings is 3. The molecule has 0 aliphatic heterocycles. The number of carbonyl (C=O) groups excluding carboxylic acids is 1. The lowest BCUT2D eigenvalue weighted by molar-refractivity contribution is -0.120. The highest BCUT2D eigenvalue weighted by atomic mass is 32.2. The van der Waals surface area contributed by atoms with Gasteiger partial charge < -0.3 is 5.32 Å². The van der Waals surface area contributed by atoms with E-state index < -0.39 is 0 Å². The Bertz CT molecular complexity index is 1050. The van der Waals surface area contributed by atoms with Crippen LogP contribution in [0.3, 0.4) is 0 Å². The molecule has 29 heavy (non-hydrogen) atoms. The third kappa shape index (κ3) is 4.95. The molecule has 3 aromatic carbocycles. The van der Waals surface area contributed by atoms with Gasteiger partial charge in [-0.15, -0.1) is 11.8 Å². The second-order valence-corrected chi connectivity index (χ2v) is 7.75. The van der Waals surface area contributed by atoms with Gasteiger partial charge in [0.25, 0.3) is 0 Å². The van der Waals surface area contributed by atoms with Crippen molar-refractivity contribution < 1.29 is 4.79 Å². The minimum absolute atomic E-state index is 0.0162. The Morgan fingerprint density at radius 2 is 1.52 bits per heavy atom. The second kappa shape index (κ2) is 9.26. The largest absolute Gasteiger partial charge is 0.351 e. The number of thioether (sulfide) groups is 1. The van der Waals surface area contributed by atoms with Crippen LogP contribution in [-0.4, -0.2) is 15.7 Å². The molecular weight excluding hydrogens is 378 g/mol. The zero-order valence-corrected chi connectivity index (χ0v) is 16.6. The van der Waals surface area contributed by atoms with E-state index in [0.717, 1.165) is 21.7 Å². The van der Waals surface area contributed by atoms with Gasteiger partial charge in [-0.1, -0.05) is 66.7 Å². The van der Waals surface area contributed by atoms with Gasteiger partial charge in [-0.3, -0.25) is 4.79 Å². The summed E-state index contributed by atoms with van der Waals surface area (Å²) < 4.78 is 1.81. The van der Waals surface area contributed by atoms with Crippen molar-refractivity contribution in [3.63, 3.8) is 0 Å². The van der Waals surface area contributed by atoms with Crippen molar-refractivity contribution in [3.8, 4) is 5.69 Å². The average molecular weight is 400 g/mol. The molecule has 144 valence electrons. The number of carbonyl (C=O) groups is 1. The maximum absolute atomic E-state index is 13.0. The van der Waals surface area contributed by atoms with Crippen molar-refractivity contribution in [2.75, 3.05) is 0 Å². The van der Waals surface area contributed by atoms with E-state index in [4.69, 9.17) is 0 Å². The van der Waals surface area contributed by atoms with Crippen LogP contribution in [0.15, 0.2) is 108 Å².